The van der Waals surface area contributed by atoms with Crippen molar-refractivity contribution in [1.82, 2.24) is 10.6 Å². The Morgan fingerprint density at radius 1 is 0.833 bits per heavy atom. The summed E-state index contributed by atoms with van der Waals surface area (Å²) in [4.78, 5) is 19.4. The molecule has 66 valence electrons. The van der Waals surface area contributed by atoms with Gasteiger partial charge < -0.3 is 10.6 Å². The molecule has 0 spiro atoms. The second kappa shape index (κ2) is 18.0. The van der Waals surface area contributed by atoms with Crippen molar-refractivity contribution >= 4 is 11.8 Å². The first-order valence-electron chi connectivity index (χ1n) is 2.91. The van der Waals surface area contributed by atoms with E-state index >= 15 is 0 Å². The normalized spacial score (nSPS) is 5.67. The topological polar surface area (TPSA) is 58.2 Å². The summed E-state index contributed by atoms with van der Waals surface area (Å²) in [6.07, 6.45) is 0. The maximum absolute atomic E-state index is 9.70. The van der Waals surface area contributed by atoms with Crippen LogP contribution in [0.5, 0.6) is 0 Å². The van der Waals surface area contributed by atoms with Crippen LogP contribution in [0.4, 0.5) is 0 Å². The number of amides is 2. The fourth-order valence-electron chi connectivity index (χ4n) is 0. The minimum Gasteiger partial charge on any atom is -0.359 e. The summed E-state index contributed by atoms with van der Waals surface area (Å²) in [5, 5.41) is 4.78. The smallest absolute Gasteiger partial charge is 0.216 e. The number of rotatable bonds is 0. The number of carbonyl (C=O) groups is 2. The van der Waals surface area contributed by atoms with E-state index in [4.69, 9.17) is 0 Å². The van der Waals surface area contributed by atoms with Crippen LogP contribution in [0.15, 0.2) is 0 Å². The molecule has 4 nitrogen and oxygen atoms in total. The van der Waals surface area contributed by atoms with Gasteiger partial charge in [-0.1, -0.05) is 0 Å². The molecule has 0 aromatic carbocycles. The molecule has 0 fully saturated rings. The second-order valence-corrected chi connectivity index (χ2v) is 1.61. The third-order valence-electron chi connectivity index (χ3n) is 0.704. The van der Waals surface area contributed by atoms with E-state index in [1.807, 2.05) is 0 Å². The van der Waals surface area contributed by atoms with Gasteiger partial charge in [0.05, 0.1) is 0 Å². The number of carbonyl (C=O) groups excluding carboxylic acids is 2. The van der Waals surface area contributed by atoms with Gasteiger partial charge in [-0.05, 0) is 0 Å². The van der Waals surface area contributed by atoms with E-state index in [0.717, 1.165) is 0 Å². The summed E-state index contributed by atoms with van der Waals surface area (Å²) in [5.74, 6) is 0.00926. The van der Waals surface area contributed by atoms with E-state index in [9.17, 15) is 9.59 Å². The Morgan fingerprint density at radius 3 is 0.917 bits per heavy atom. The maximum Gasteiger partial charge on any atom is 0.216 e. The van der Waals surface area contributed by atoms with Gasteiger partial charge in [0.15, 0.2) is 0 Å². The van der Waals surface area contributed by atoms with E-state index in [0.29, 0.717) is 0 Å². The zero-order chi connectivity index (χ0) is 8.57. The van der Waals surface area contributed by atoms with Crippen molar-refractivity contribution in [3.05, 3.63) is 0 Å². The monoisotopic (exact) mass is 324 g/mol. The van der Waals surface area contributed by atoms with Crippen LogP contribution in [0.25, 0.3) is 0 Å². The van der Waals surface area contributed by atoms with E-state index in [2.05, 4.69) is 10.6 Å². The minimum absolute atomic E-state index is 0. The van der Waals surface area contributed by atoms with Crippen LogP contribution in [0.1, 0.15) is 13.8 Å². The second-order valence-electron chi connectivity index (χ2n) is 1.61. The molecule has 0 unspecified atom stereocenters. The molecule has 0 aromatic rings. The zero-order valence-corrected chi connectivity index (χ0v) is 13.6. The molecule has 0 aliphatic carbocycles. The van der Waals surface area contributed by atoms with Gasteiger partial charge >= 0.3 is 0 Å². The van der Waals surface area contributed by atoms with Gasteiger partial charge in [-0.25, -0.2) is 0 Å². The van der Waals surface area contributed by atoms with E-state index in [1.165, 1.54) is 13.8 Å². The van der Waals surface area contributed by atoms with Crippen LogP contribution >= 0.6 is 0 Å². The van der Waals surface area contributed by atoms with Crippen LogP contribution in [0, 0.1) is 0 Å². The zero-order valence-electron chi connectivity index (χ0n) is 7.97. The maximum atomic E-state index is 9.70. The van der Waals surface area contributed by atoms with Gasteiger partial charge in [0.25, 0.3) is 0 Å². The molecule has 0 aliphatic heterocycles. The van der Waals surface area contributed by atoms with Crippen molar-refractivity contribution in [2.45, 2.75) is 13.8 Å². The van der Waals surface area contributed by atoms with E-state index in [1.54, 1.807) is 14.1 Å². The molecule has 2 N–H and O–H groups in total. The van der Waals surface area contributed by atoms with Gasteiger partial charge in [-0.3, -0.25) is 9.59 Å². The Hall–Kier alpha value is 1.15. The molecule has 2 radical (unpaired) electrons. The van der Waals surface area contributed by atoms with Gasteiger partial charge in [-0.15, -0.1) is 0 Å². The first-order chi connectivity index (χ1) is 4.54. The van der Waals surface area contributed by atoms with Crippen molar-refractivity contribution in [2.75, 3.05) is 14.1 Å². The summed E-state index contributed by atoms with van der Waals surface area (Å²) in [6.45, 7) is 2.94. The van der Waals surface area contributed by atoms with Crippen LogP contribution in [-0.4, -0.2) is 25.9 Å². The van der Waals surface area contributed by atoms with Gasteiger partial charge in [-0.2, -0.15) is 0 Å². The molecule has 0 saturated carbocycles. The van der Waals surface area contributed by atoms with Crippen LogP contribution in [0.3, 0.4) is 0 Å². The molecule has 0 aromatic heterocycles. The molecule has 0 aliphatic rings. The molecule has 12 heavy (non-hydrogen) atoms. The Kier molecular flexibility index (Phi) is 34.9. The van der Waals surface area contributed by atoms with Crippen molar-refractivity contribution in [3.63, 3.8) is 0 Å². The Morgan fingerprint density at radius 2 is 0.917 bits per heavy atom. The summed E-state index contributed by atoms with van der Waals surface area (Å²) in [7, 11) is 3.20. The first-order valence-corrected chi connectivity index (χ1v) is 2.91. The summed E-state index contributed by atoms with van der Waals surface area (Å²) in [6, 6.07) is 0. The van der Waals surface area contributed by atoms with Crippen molar-refractivity contribution in [1.29, 1.82) is 0 Å². The molecule has 6 heteroatoms. The predicted molar refractivity (Wildman–Crippen MR) is 39.5 cm³/mol. The van der Waals surface area contributed by atoms with Crippen LogP contribution in [0.2, 0.25) is 0 Å². The van der Waals surface area contributed by atoms with Crippen LogP contribution < -0.4 is 10.6 Å². The third kappa shape index (κ3) is 43.3. The SMILES string of the molecule is CNC(C)=O.CNC(C)=O.[Y].[Y]. The Bertz CT molecular complexity index is 106. The molecule has 0 bridgehead atoms. The average Bonchev–Trinajstić information content (AvgIpc) is 1.89. The molecule has 2 amide bonds. The molecule has 0 atom stereocenters. The number of hydrogen-bond acceptors (Lipinski definition) is 2. The first kappa shape index (κ1) is 23.2. The average molecular weight is 324 g/mol. The standard InChI is InChI=1S/2C3H7NO.2Y/c2*1-3(5)4-2;;/h2*1-2H3,(H,4,5);;. The van der Waals surface area contributed by atoms with Gasteiger partial charge in [0.2, 0.25) is 11.8 Å². The molecular weight excluding hydrogens is 310 g/mol. The Balaban J connectivity index is -0.0000000457. The third-order valence-corrected chi connectivity index (χ3v) is 0.704. The molecule has 0 saturated heterocycles. The van der Waals surface area contributed by atoms with Crippen molar-refractivity contribution in [2.24, 2.45) is 0 Å². The van der Waals surface area contributed by atoms with Gasteiger partial charge in [0, 0.05) is 93.4 Å². The molecular formula is C6H14N2O2Y2. The summed E-state index contributed by atoms with van der Waals surface area (Å²) in [5.41, 5.74) is 0. The quantitative estimate of drug-likeness (QED) is 0.631. The summed E-state index contributed by atoms with van der Waals surface area (Å²) < 4.78 is 0. The minimum atomic E-state index is 0. The number of nitrogens with one attached hydrogen (secondary N) is 2. The predicted octanol–water partition coefficient (Wildman–Crippen LogP) is -0.500. The van der Waals surface area contributed by atoms with E-state index < -0.39 is 0 Å². The largest absolute Gasteiger partial charge is 0.359 e. The van der Waals surface area contributed by atoms with Crippen LogP contribution in [-0.2, 0) is 75.0 Å². The number of hydrogen-bond donors (Lipinski definition) is 2. The van der Waals surface area contributed by atoms with Gasteiger partial charge in [0.1, 0.15) is 0 Å². The van der Waals surface area contributed by atoms with E-state index in [-0.39, 0.29) is 77.2 Å². The van der Waals surface area contributed by atoms with Crippen molar-refractivity contribution in [3.8, 4) is 0 Å². The fraction of sp³-hybridized carbons (Fsp3) is 0.667. The molecule has 0 heterocycles. The molecule has 0 rings (SSSR count). The summed E-state index contributed by atoms with van der Waals surface area (Å²) >= 11 is 0. The fourth-order valence-corrected chi connectivity index (χ4v) is 0. The van der Waals surface area contributed by atoms with Crippen molar-refractivity contribution < 1.29 is 75.0 Å². The Labute approximate surface area is 124 Å².